The fourth-order valence-electron chi connectivity index (χ4n) is 1.37. The van der Waals surface area contributed by atoms with Crippen molar-refractivity contribution in [2.24, 2.45) is 0 Å². The number of nitrogens with zero attached hydrogens (tertiary/aromatic N) is 1. The normalized spacial score (nSPS) is 12.7. The van der Waals surface area contributed by atoms with E-state index >= 15 is 0 Å². The Morgan fingerprint density at radius 1 is 1.05 bits per heavy atom. The smallest absolute Gasteiger partial charge is 0.374 e. The number of alkyl halides is 3. The van der Waals surface area contributed by atoms with Gasteiger partial charge in [-0.25, -0.2) is 8.78 Å². The molecule has 1 aromatic carbocycles. The Balaban J connectivity index is 2.59. The summed E-state index contributed by atoms with van der Waals surface area (Å²) in [4.78, 5) is 3.40. The second kappa shape index (κ2) is 4.54. The van der Waals surface area contributed by atoms with E-state index in [2.05, 4.69) is 9.17 Å². The molecule has 0 saturated carbocycles. The first kappa shape index (κ1) is 14.4. The van der Waals surface area contributed by atoms with E-state index in [1.807, 2.05) is 0 Å². The lowest BCUT2D eigenvalue weighted by Gasteiger charge is -2.11. The molecule has 0 aliphatic heterocycles. The van der Waals surface area contributed by atoms with Crippen LogP contribution in [0.2, 0.25) is 0 Å². The molecule has 20 heavy (non-hydrogen) atoms. The van der Waals surface area contributed by atoms with Gasteiger partial charge in [-0.3, -0.25) is 4.98 Å². The molecule has 0 unspecified atom stereocenters. The van der Waals surface area contributed by atoms with Crippen molar-refractivity contribution in [3.63, 3.8) is 0 Å². The quantitative estimate of drug-likeness (QED) is 0.486. The van der Waals surface area contributed by atoms with Gasteiger partial charge >= 0.3 is 15.6 Å². The molecule has 0 fully saturated rings. The second-order valence-corrected chi connectivity index (χ2v) is 5.15. The minimum Gasteiger partial charge on any atom is -0.374 e. The maximum atomic E-state index is 13.1. The Morgan fingerprint density at radius 2 is 1.65 bits per heavy atom. The van der Waals surface area contributed by atoms with Crippen LogP contribution in [-0.2, 0) is 10.1 Å². The van der Waals surface area contributed by atoms with Crippen molar-refractivity contribution in [3.05, 3.63) is 36.2 Å². The molecule has 0 aliphatic rings. The summed E-state index contributed by atoms with van der Waals surface area (Å²) >= 11 is 0. The molecule has 108 valence electrons. The van der Waals surface area contributed by atoms with Gasteiger partial charge in [0.15, 0.2) is 17.4 Å². The third-order valence-corrected chi connectivity index (χ3v) is 3.21. The molecular formula is C10H4F5NO3S. The SMILES string of the molecule is O=S(=O)(Oc1cncc2cc(F)c(F)cc12)C(F)(F)F. The van der Waals surface area contributed by atoms with E-state index in [-0.39, 0.29) is 10.8 Å². The van der Waals surface area contributed by atoms with Crippen LogP contribution >= 0.6 is 0 Å². The van der Waals surface area contributed by atoms with Crippen molar-refractivity contribution in [3.8, 4) is 5.75 Å². The van der Waals surface area contributed by atoms with Crippen LogP contribution in [0.4, 0.5) is 22.0 Å². The monoisotopic (exact) mass is 313 g/mol. The van der Waals surface area contributed by atoms with Gasteiger partial charge in [0.1, 0.15) is 0 Å². The van der Waals surface area contributed by atoms with E-state index in [0.29, 0.717) is 18.3 Å². The van der Waals surface area contributed by atoms with Crippen LogP contribution in [0.15, 0.2) is 24.5 Å². The lowest BCUT2D eigenvalue weighted by molar-refractivity contribution is -0.0499. The highest BCUT2D eigenvalue weighted by Crippen LogP contribution is 2.31. The lowest BCUT2D eigenvalue weighted by atomic mass is 10.1. The zero-order valence-electron chi connectivity index (χ0n) is 9.28. The van der Waals surface area contributed by atoms with E-state index in [0.717, 1.165) is 6.20 Å². The number of hydrogen-bond donors (Lipinski definition) is 0. The molecule has 0 amide bonds. The molecule has 2 rings (SSSR count). The van der Waals surface area contributed by atoms with Crippen LogP contribution in [0.5, 0.6) is 5.75 Å². The van der Waals surface area contributed by atoms with E-state index in [1.54, 1.807) is 0 Å². The fourth-order valence-corrected chi connectivity index (χ4v) is 1.83. The van der Waals surface area contributed by atoms with Crippen LogP contribution < -0.4 is 4.18 Å². The van der Waals surface area contributed by atoms with Gasteiger partial charge in [-0.2, -0.15) is 21.6 Å². The van der Waals surface area contributed by atoms with Crippen LogP contribution in [0.3, 0.4) is 0 Å². The van der Waals surface area contributed by atoms with Crippen molar-refractivity contribution >= 4 is 20.9 Å². The first-order chi connectivity index (χ1) is 9.12. The minimum absolute atomic E-state index is 0.112. The van der Waals surface area contributed by atoms with Crippen molar-refractivity contribution in [1.29, 1.82) is 0 Å². The Bertz CT molecular complexity index is 772. The van der Waals surface area contributed by atoms with Gasteiger partial charge in [-0.05, 0) is 12.1 Å². The Morgan fingerprint density at radius 3 is 2.25 bits per heavy atom. The van der Waals surface area contributed by atoms with Crippen molar-refractivity contribution in [1.82, 2.24) is 4.98 Å². The van der Waals surface area contributed by atoms with Gasteiger partial charge in [0.2, 0.25) is 0 Å². The maximum absolute atomic E-state index is 13.1. The van der Waals surface area contributed by atoms with Crippen molar-refractivity contribution in [2.75, 3.05) is 0 Å². The molecule has 10 heteroatoms. The van der Waals surface area contributed by atoms with Crippen LogP contribution in [0, 0.1) is 11.6 Å². The maximum Gasteiger partial charge on any atom is 0.534 e. The van der Waals surface area contributed by atoms with Crippen LogP contribution in [-0.4, -0.2) is 18.9 Å². The Labute approximate surface area is 108 Å². The summed E-state index contributed by atoms with van der Waals surface area (Å²) in [6.45, 7) is 0. The molecule has 0 atom stereocenters. The summed E-state index contributed by atoms with van der Waals surface area (Å²) in [6.07, 6.45) is 1.67. The van der Waals surface area contributed by atoms with Crippen LogP contribution in [0.25, 0.3) is 10.8 Å². The highest BCUT2D eigenvalue weighted by atomic mass is 32.2. The highest BCUT2D eigenvalue weighted by Gasteiger charge is 2.48. The van der Waals surface area contributed by atoms with E-state index in [4.69, 9.17) is 0 Å². The molecule has 0 radical (unpaired) electrons. The minimum atomic E-state index is -5.92. The number of rotatable bonds is 2. The highest BCUT2D eigenvalue weighted by molar-refractivity contribution is 7.88. The first-order valence-electron chi connectivity index (χ1n) is 4.85. The lowest BCUT2D eigenvalue weighted by Crippen LogP contribution is -2.28. The first-order valence-corrected chi connectivity index (χ1v) is 6.26. The summed E-state index contributed by atoms with van der Waals surface area (Å²) in [7, 11) is -5.92. The molecule has 1 aromatic heterocycles. The van der Waals surface area contributed by atoms with Gasteiger partial charge < -0.3 is 4.18 Å². The molecular weight excluding hydrogens is 309 g/mol. The van der Waals surface area contributed by atoms with E-state index < -0.39 is 33.0 Å². The summed E-state index contributed by atoms with van der Waals surface area (Å²) in [5.74, 6) is -3.47. The number of pyridine rings is 1. The standard InChI is InChI=1S/C10H4F5NO3S/c11-7-1-5-3-16-4-9(6(5)2-8(7)12)19-20(17,18)10(13,14)15/h1-4H. The van der Waals surface area contributed by atoms with Crippen LogP contribution in [0.1, 0.15) is 0 Å². The van der Waals surface area contributed by atoms with Gasteiger partial charge in [0.25, 0.3) is 0 Å². The van der Waals surface area contributed by atoms with Crippen molar-refractivity contribution in [2.45, 2.75) is 5.51 Å². The molecule has 2 aromatic rings. The number of aromatic nitrogens is 1. The third-order valence-electron chi connectivity index (χ3n) is 2.25. The van der Waals surface area contributed by atoms with Gasteiger partial charge in [-0.15, -0.1) is 0 Å². The summed E-state index contributed by atoms with van der Waals surface area (Å²) in [6, 6.07) is 1.18. The molecule has 0 bridgehead atoms. The van der Waals surface area contributed by atoms with Gasteiger partial charge in [-0.1, -0.05) is 0 Å². The van der Waals surface area contributed by atoms with Gasteiger partial charge in [0, 0.05) is 17.0 Å². The largest absolute Gasteiger partial charge is 0.534 e. The average molecular weight is 313 g/mol. The zero-order valence-corrected chi connectivity index (χ0v) is 10.1. The van der Waals surface area contributed by atoms with Crippen molar-refractivity contribution < 1.29 is 34.6 Å². The molecule has 0 N–H and O–H groups in total. The van der Waals surface area contributed by atoms with Gasteiger partial charge in [0.05, 0.1) is 6.20 Å². The van der Waals surface area contributed by atoms with E-state index in [9.17, 15) is 30.4 Å². The molecule has 0 saturated heterocycles. The van der Waals surface area contributed by atoms with E-state index in [1.165, 1.54) is 0 Å². The molecule has 1 heterocycles. The number of halogens is 5. The predicted molar refractivity (Wildman–Crippen MR) is 57.3 cm³/mol. The molecule has 4 nitrogen and oxygen atoms in total. The topological polar surface area (TPSA) is 56.3 Å². The Hall–Kier alpha value is -1.97. The number of fused-ring (bicyclic) bond motifs is 1. The second-order valence-electron chi connectivity index (χ2n) is 3.61. The third kappa shape index (κ3) is 2.50. The number of benzene rings is 1. The molecule has 0 aliphatic carbocycles. The Kier molecular flexibility index (Phi) is 3.28. The summed E-state index contributed by atoms with van der Waals surface area (Å²) in [5, 5.41) is -0.467. The number of hydrogen-bond acceptors (Lipinski definition) is 4. The predicted octanol–water partition coefficient (Wildman–Crippen LogP) is 2.74. The summed E-state index contributed by atoms with van der Waals surface area (Å²) in [5.41, 5.74) is -5.65. The average Bonchev–Trinajstić information content (AvgIpc) is 2.30. The zero-order chi connectivity index (χ0) is 15.1. The summed E-state index contributed by atoms with van der Waals surface area (Å²) < 4.78 is 88.2. The molecule has 0 spiro atoms. The fraction of sp³-hybridized carbons (Fsp3) is 0.100.